The number of hydrogen-bond donors (Lipinski definition) is 1. The largest absolute Gasteiger partial charge is 0.459 e. The number of likely N-dealkylation sites (tertiary alicyclic amines) is 1. The third kappa shape index (κ3) is 3.31. The molecule has 1 aromatic rings. The van der Waals surface area contributed by atoms with Crippen LogP contribution in [0.4, 0.5) is 0 Å². The SMILES string of the molecule is CCOC1CC(NC2CCN(C(=O)c3ccco3)CC2)C1(C)C. The molecule has 3 rings (SSSR count). The van der Waals surface area contributed by atoms with Crippen molar-refractivity contribution in [3.8, 4) is 0 Å². The summed E-state index contributed by atoms with van der Waals surface area (Å²) >= 11 is 0. The fourth-order valence-corrected chi connectivity index (χ4v) is 3.74. The summed E-state index contributed by atoms with van der Waals surface area (Å²) in [5.74, 6) is 0.449. The van der Waals surface area contributed by atoms with E-state index in [1.807, 2.05) is 4.90 Å². The van der Waals surface area contributed by atoms with Crippen LogP contribution in [-0.4, -0.2) is 48.7 Å². The van der Waals surface area contributed by atoms with Crippen LogP contribution in [0.2, 0.25) is 0 Å². The lowest BCUT2D eigenvalue weighted by Crippen LogP contribution is -2.63. The minimum absolute atomic E-state index is 0.00818. The summed E-state index contributed by atoms with van der Waals surface area (Å²) in [6.07, 6.45) is 5.00. The first-order valence-corrected chi connectivity index (χ1v) is 8.72. The lowest BCUT2D eigenvalue weighted by molar-refractivity contribution is -0.117. The first-order chi connectivity index (χ1) is 11.0. The van der Waals surface area contributed by atoms with Crippen LogP contribution in [0.15, 0.2) is 22.8 Å². The van der Waals surface area contributed by atoms with Crippen molar-refractivity contribution in [3.05, 3.63) is 24.2 Å². The number of carbonyl (C=O) groups excluding carboxylic acids is 1. The molecule has 1 N–H and O–H groups in total. The smallest absolute Gasteiger partial charge is 0.289 e. The third-order valence-corrected chi connectivity index (χ3v) is 5.50. The quantitative estimate of drug-likeness (QED) is 0.906. The molecule has 128 valence electrons. The molecule has 0 bridgehead atoms. The molecule has 5 nitrogen and oxygen atoms in total. The predicted molar refractivity (Wildman–Crippen MR) is 88.4 cm³/mol. The first-order valence-electron chi connectivity index (χ1n) is 8.72. The zero-order chi connectivity index (χ0) is 16.4. The lowest BCUT2D eigenvalue weighted by Gasteiger charge is -2.53. The second kappa shape index (κ2) is 6.65. The molecule has 2 heterocycles. The van der Waals surface area contributed by atoms with Crippen LogP contribution in [0.3, 0.4) is 0 Å². The molecule has 0 spiro atoms. The Morgan fingerprint density at radius 3 is 2.74 bits per heavy atom. The number of nitrogens with one attached hydrogen (secondary N) is 1. The Bertz CT molecular complexity index is 518. The molecular weight excluding hydrogens is 292 g/mol. The van der Waals surface area contributed by atoms with Crippen molar-refractivity contribution in [3.63, 3.8) is 0 Å². The summed E-state index contributed by atoms with van der Waals surface area (Å²) in [5, 5.41) is 3.79. The monoisotopic (exact) mass is 320 g/mol. The van der Waals surface area contributed by atoms with Gasteiger partial charge in [0.2, 0.25) is 0 Å². The van der Waals surface area contributed by atoms with E-state index < -0.39 is 0 Å². The Kier molecular flexibility index (Phi) is 4.78. The summed E-state index contributed by atoms with van der Waals surface area (Å²) < 4.78 is 11.0. The van der Waals surface area contributed by atoms with Crippen molar-refractivity contribution in [2.24, 2.45) is 5.41 Å². The van der Waals surface area contributed by atoms with Crippen LogP contribution < -0.4 is 5.32 Å². The first kappa shape index (κ1) is 16.5. The molecule has 1 aliphatic heterocycles. The molecular formula is C18H28N2O3. The Balaban J connectivity index is 1.46. The van der Waals surface area contributed by atoms with E-state index in [4.69, 9.17) is 9.15 Å². The number of nitrogens with zero attached hydrogens (tertiary/aromatic N) is 1. The number of amides is 1. The molecule has 2 unspecified atom stereocenters. The second-order valence-corrected chi connectivity index (χ2v) is 7.26. The van der Waals surface area contributed by atoms with Gasteiger partial charge in [-0.1, -0.05) is 13.8 Å². The van der Waals surface area contributed by atoms with E-state index in [9.17, 15) is 4.79 Å². The summed E-state index contributed by atoms with van der Waals surface area (Å²) in [5.41, 5.74) is 0.192. The highest BCUT2D eigenvalue weighted by atomic mass is 16.5. The summed E-state index contributed by atoms with van der Waals surface area (Å²) in [4.78, 5) is 14.2. The minimum Gasteiger partial charge on any atom is -0.459 e. The summed E-state index contributed by atoms with van der Waals surface area (Å²) in [6.45, 7) is 8.99. The average Bonchev–Trinajstić information content (AvgIpc) is 3.08. The van der Waals surface area contributed by atoms with Crippen molar-refractivity contribution < 1.29 is 13.9 Å². The number of piperidine rings is 1. The van der Waals surface area contributed by atoms with Crippen LogP contribution in [0.1, 0.15) is 50.6 Å². The Morgan fingerprint density at radius 2 is 2.17 bits per heavy atom. The fraction of sp³-hybridized carbons (Fsp3) is 0.722. The van der Waals surface area contributed by atoms with Crippen LogP contribution >= 0.6 is 0 Å². The Labute approximate surface area is 138 Å². The van der Waals surface area contributed by atoms with Gasteiger partial charge in [-0.25, -0.2) is 0 Å². The third-order valence-electron chi connectivity index (χ3n) is 5.50. The van der Waals surface area contributed by atoms with Gasteiger partial charge in [0.05, 0.1) is 12.4 Å². The van der Waals surface area contributed by atoms with Gasteiger partial charge >= 0.3 is 0 Å². The van der Waals surface area contributed by atoms with Gasteiger partial charge in [-0.3, -0.25) is 4.79 Å². The minimum atomic E-state index is 0.00818. The molecule has 5 heteroatoms. The van der Waals surface area contributed by atoms with E-state index in [0.717, 1.165) is 39.0 Å². The molecule has 2 fully saturated rings. The maximum Gasteiger partial charge on any atom is 0.289 e. The molecule has 2 aliphatic rings. The fourth-order valence-electron chi connectivity index (χ4n) is 3.74. The van der Waals surface area contributed by atoms with Gasteiger partial charge in [0.25, 0.3) is 5.91 Å². The molecule has 23 heavy (non-hydrogen) atoms. The number of carbonyl (C=O) groups is 1. The maximum absolute atomic E-state index is 12.3. The predicted octanol–water partition coefficient (Wildman–Crippen LogP) is 2.68. The second-order valence-electron chi connectivity index (χ2n) is 7.26. The van der Waals surface area contributed by atoms with Gasteiger partial charge in [-0.15, -0.1) is 0 Å². The molecule has 1 saturated heterocycles. The van der Waals surface area contributed by atoms with Gasteiger partial charge in [0, 0.05) is 37.2 Å². The van der Waals surface area contributed by atoms with Crippen LogP contribution in [-0.2, 0) is 4.74 Å². The van der Waals surface area contributed by atoms with Crippen molar-refractivity contribution in [2.75, 3.05) is 19.7 Å². The topological polar surface area (TPSA) is 54.7 Å². The van der Waals surface area contributed by atoms with Crippen molar-refractivity contribution in [1.29, 1.82) is 0 Å². The van der Waals surface area contributed by atoms with E-state index in [2.05, 4.69) is 26.1 Å². The van der Waals surface area contributed by atoms with E-state index in [1.165, 1.54) is 0 Å². The van der Waals surface area contributed by atoms with Crippen LogP contribution in [0.5, 0.6) is 0 Å². The van der Waals surface area contributed by atoms with E-state index in [0.29, 0.717) is 23.9 Å². The summed E-state index contributed by atoms with van der Waals surface area (Å²) in [6, 6.07) is 4.49. The Hall–Kier alpha value is -1.33. The van der Waals surface area contributed by atoms with Gasteiger partial charge in [0.1, 0.15) is 0 Å². The molecule has 0 aromatic carbocycles. The standard InChI is InChI=1S/C18H28N2O3/c1-4-22-16-12-15(18(16,2)3)19-13-7-9-20(10-8-13)17(21)14-6-5-11-23-14/h5-6,11,13,15-16,19H,4,7-10,12H2,1-3H3. The van der Waals surface area contributed by atoms with Crippen molar-refractivity contribution in [1.82, 2.24) is 10.2 Å². The molecule has 1 saturated carbocycles. The van der Waals surface area contributed by atoms with Crippen molar-refractivity contribution >= 4 is 5.91 Å². The van der Waals surface area contributed by atoms with Crippen molar-refractivity contribution in [2.45, 2.75) is 58.2 Å². The highest BCUT2D eigenvalue weighted by Gasteiger charge is 2.49. The highest BCUT2D eigenvalue weighted by Crippen LogP contribution is 2.43. The van der Waals surface area contributed by atoms with E-state index in [1.54, 1.807) is 18.4 Å². The average molecular weight is 320 g/mol. The van der Waals surface area contributed by atoms with Gasteiger partial charge < -0.3 is 19.4 Å². The molecule has 2 atom stereocenters. The number of rotatable bonds is 5. The number of hydrogen-bond acceptors (Lipinski definition) is 4. The van der Waals surface area contributed by atoms with Crippen LogP contribution in [0.25, 0.3) is 0 Å². The zero-order valence-corrected chi connectivity index (χ0v) is 14.4. The summed E-state index contributed by atoms with van der Waals surface area (Å²) in [7, 11) is 0. The molecule has 1 aromatic heterocycles. The zero-order valence-electron chi connectivity index (χ0n) is 14.4. The highest BCUT2D eigenvalue weighted by molar-refractivity contribution is 5.91. The maximum atomic E-state index is 12.3. The normalized spacial score (nSPS) is 27.7. The van der Waals surface area contributed by atoms with Gasteiger partial charge in [0.15, 0.2) is 5.76 Å². The Morgan fingerprint density at radius 1 is 1.43 bits per heavy atom. The van der Waals surface area contributed by atoms with Gasteiger partial charge in [-0.05, 0) is 38.3 Å². The van der Waals surface area contributed by atoms with E-state index >= 15 is 0 Å². The van der Waals surface area contributed by atoms with E-state index in [-0.39, 0.29) is 11.3 Å². The molecule has 1 aliphatic carbocycles. The molecule has 1 amide bonds. The number of furan rings is 1. The molecule has 0 radical (unpaired) electrons. The number of ether oxygens (including phenoxy) is 1. The van der Waals surface area contributed by atoms with Gasteiger partial charge in [-0.2, -0.15) is 0 Å². The van der Waals surface area contributed by atoms with Crippen LogP contribution in [0, 0.1) is 5.41 Å². The lowest BCUT2D eigenvalue weighted by atomic mass is 9.64.